The minimum Gasteiger partial charge on any atom is -0.292 e. The van der Waals surface area contributed by atoms with Gasteiger partial charge in [0.15, 0.2) is 21.9 Å². The van der Waals surface area contributed by atoms with Gasteiger partial charge in [-0.25, -0.2) is 0 Å². The van der Waals surface area contributed by atoms with E-state index in [4.69, 9.17) is 23.2 Å². The van der Waals surface area contributed by atoms with Crippen LogP contribution in [0.5, 0.6) is 0 Å². The maximum atomic E-state index is 11.0. The lowest BCUT2D eigenvalue weighted by Gasteiger charge is -2.06. The molecule has 26 heavy (non-hydrogen) atoms. The minimum atomic E-state index is -0.307. The van der Waals surface area contributed by atoms with E-state index >= 15 is 0 Å². The maximum Gasteiger partial charge on any atom is 0.191 e. The molecule has 8 heteroatoms. The van der Waals surface area contributed by atoms with Crippen LogP contribution in [0.4, 0.5) is 11.4 Å². The number of Topliss-reactive ketones (excluding diaryl/α,β-unsaturated/α-hetero) is 2. The van der Waals surface area contributed by atoms with Crippen molar-refractivity contribution < 1.29 is 9.59 Å². The molecule has 0 radical (unpaired) electrons. The Morgan fingerprint density at radius 1 is 0.692 bits per heavy atom. The number of hydrazone groups is 2. The molecule has 6 nitrogen and oxygen atoms in total. The molecule has 0 atom stereocenters. The Bertz CT molecular complexity index is 786. The van der Waals surface area contributed by atoms with Crippen LogP contribution in [0.1, 0.15) is 13.8 Å². The third kappa shape index (κ3) is 5.68. The molecule has 0 fully saturated rings. The van der Waals surface area contributed by atoms with E-state index in [0.717, 1.165) is 11.1 Å². The summed E-state index contributed by atoms with van der Waals surface area (Å²) in [6.45, 7) is 2.68. The number of carbonyl (C=O) groups is 2. The Labute approximate surface area is 160 Å². The van der Waals surface area contributed by atoms with Crippen LogP contribution < -0.4 is 10.9 Å². The van der Waals surface area contributed by atoms with Gasteiger partial charge in [-0.15, -0.1) is 0 Å². The van der Waals surface area contributed by atoms with Gasteiger partial charge in [0.05, 0.1) is 11.4 Å². The van der Waals surface area contributed by atoms with Gasteiger partial charge in [-0.2, -0.15) is 10.2 Å². The number of nitrogens with zero attached hydrogens (tertiary/aromatic N) is 2. The summed E-state index contributed by atoms with van der Waals surface area (Å²) in [6.07, 6.45) is 0. The highest BCUT2D eigenvalue weighted by Crippen LogP contribution is 2.23. The quantitative estimate of drug-likeness (QED) is 0.539. The molecular weight excluding hydrogens is 375 g/mol. The number of benzene rings is 2. The lowest BCUT2D eigenvalue weighted by Crippen LogP contribution is -2.04. The Kier molecular flexibility index (Phi) is 6.89. The SMILES string of the molecule is CC(=O)/C(Cl)=N\Nc1ccc(-c2ccc(N/N=C(/Cl)C(C)=O)cc2)cc1. The highest BCUT2D eigenvalue weighted by molar-refractivity contribution is 6.83. The molecule has 0 aliphatic carbocycles. The number of anilines is 2. The second kappa shape index (κ2) is 9.12. The fourth-order valence-electron chi connectivity index (χ4n) is 1.86. The number of halogens is 2. The largest absolute Gasteiger partial charge is 0.292 e. The number of nitrogens with one attached hydrogen (secondary N) is 2. The Balaban J connectivity index is 2.05. The van der Waals surface area contributed by atoms with Gasteiger partial charge < -0.3 is 0 Å². The second-order valence-electron chi connectivity index (χ2n) is 5.30. The first-order chi connectivity index (χ1) is 12.4. The molecular formula is C18H16Cl2N4O2. The summed E-state index contributed by atoms with van der Waals surface area (Å²) >= 11 is 11.3. The average Bonchev–Trinajstić information content (AvgIpc) is 2.64. The van der Waals surface area contributed by atoms with Crippen LogP contribution in [0.2, 0.25) is 0 Å². The molecule has 0 bridgehead atoms. The first kappa shape index (κ1) is 19.6. The highest BCUT2D eigenvalue weighted by atomic mass is 35.5. The Hall–Kier alpha value is -2.70. The number of hydrogen-bond donors (Lipinski definition) is 2. The summed E-state index contributed by atoms with van der Waals surface area (Å²) in [4.78, 5) is 22.0. The molecule has 0 saturated heterocycles. The molecule has 2 N–H and O–H groups in total. The molecule has 2 rings (SSSR count). The van der Waals surface area contributed by atoms with Gasteiger partial charge in [-0.3, -0.25) is 20.4 Å². The number of hydrogen-bond acceptors (Lipinski definition) is 6. The molecule has 0 saturated carbocycles. The molecule has 0 heterocycles. The van der Waals surface area contributed by atoms with E-state index < -0.39 is 0 Å². The first-order valence-corrected chi connectivity index (χ1v) is 8.33. The smallest absolute Gasteiger partial charge is 0.191 e. The normalized spacial score (nSPS) is 11.8. The Morgan fingerprint density at radius 3 is 1.27 bits per heavy atom. The molecule has 0 aliphatic heterocycles. The van der Waals surface area contributed by atoms with E-state index in [-0.39, 0.29) is 21.9 Å². The van der Waals surface area contributed by atoms with E-state index in [1.165, 1.54) is 13.8 Å². The van der Waals surface area contributed by atoms with E-state index in [0.29, 0.717) is 11.4 Å². The molecule has 0 aromatic heterocycles. The van der Waals surface area contributed by atoms with Gasteiger partial charge in [0.2, 0.25) is 0 Å². The van der Waals surface area contributed by atoms with Gasteiger partial charge in [0.25, 0.3) is 0 Å². The van der Waals surface area contributed by atoms with Crippen LogP contribution in [-0.4, -0.2) is 21.9 Å². The summed E-state index contributed by atoms with van der Waals surface area (Å²) in [5.74, 6) is -0.614. The van der Waals surface area contributed by atoms with Crippen molar-refractivity contribution in [2.24, 2.45) is 10.2 Å². The predicted molar refractivity (Wildman–Crippen MR) is 107 cm³/mol. The monoisotopic (exact) mass is 390 g/mol. The molecule has 0 amide bonds. The van der Waals surface area contributed by atoms with Crippen molar-refractivity contribution in [2.45, 2.75) is 13.8 Å². The number of rotatable bonds is 7. The first-order valence-electron chi connectivity index (χ1n) is 7.57. The zero-order chi connectivity index (χ0) is 19.1. The van der Waals surface area contributed by atoms with Crippen LogP contribution >= 0.6 is 23.2 Å². The van der Waals surface area contributed by atoms with Crippen molar-refractivity contribution in [2.75, 3.05) is 10.9 Å². The van der Waals surface area contributed by atoms with Gasteiger partial charge in [0, 0.05) is 13.8 Å². The maximum absolute atomic E-state index is 11.0. The predicted octanol–water partition coefficient (Wildman–Crippen LogP) is 4.46. The van der Waals surface area contributed by atoms with E-state index in [2.05, 4.69) is 21.1 Å². The van der Waals surface area contributed by atoms with Crippen molar-refractivity contribution in [3.63, 3.8) is 0 Å². The summed E-state index contributed by atoms with van der Waals surface area (Å²) in [7, 11) is 0. The van der Waals surface area contributed by atoms with Crippen LogP contribution in [0.25, 0.3) is 11.1 Å². The van der Waals surface area contributed by atoms with Crippen molar-refractivity contribution >= 4 is 56.5 Å². The molecule has 0 aliphatic rings. The van der Waals surface area contributed by atoms with Gasteiger partial charge in [0.1, 0.15) is 0 Å². The summed E-state index contributed by atoms with van der Waals surface area (Å²) in [5, 5.41) is 7.35. The minimum absolute atomic E-state index is 0.107. The molecule has 0 unspecified atom stereocenters. The molecule has 2 aromatic carbocycles. The topological polar surface area (TPSA) is 82.9 Å². The third-order valence-corrected chi connectivity index (χ3v) is 3.95. The van der Waals surface area contributed by atoms with E-state index in [9.17, 15) is 9.59 Å². The zero-order valence-electron chi connectivity index (χ0n) is 14.1. The molecule has 0 spiro atoms. The standard InChI is InChI=1S/C18H16Cl2N4O2/c1-11(25)17(19)23-21-15-7-3-13(4-8-15)14-5-9-16(10-6-14)22-24-18(20)12(2)26/h3-10,21-22H,1-2H3/b23-17+,24-18+. The zero-order valence-corrected chi connectivity index (χ0v) is 15.6. The third-order valence-electron chi connectivity index (χ3n) is 3.25. The van der Waals surface area contributed by atoms with Crippen LogP contribution in [0.3, 0.4) is 0 Å². The highest BCUT2D eigenvalue weighted by Gasteiger charge is 2.03. The van der Waals surface area contributed by atoms with E-state index in [1.807, 2.05) is 48.5 Å². The van der Waals surface area contributed by atoms with Crippen molar-refractivity contribution in [1.82, 2.24) is 0 Å². The summed E-state index contributed by atoms with van der Waals surface area (Å²) < 4.78 is 0. The number of carbonyl (C=O) groups excluding carboxylic acids is 2. The fourth-order valence-corrected chi connectivity index (χ4v) is 1.94. The van der Waals surface area contributed by atoms with Crippen molar-refractivity contribution in [1.29, 1.82) is 0 Å². The molecule has 134 valence electrons. The average molecular weight is 391 g/mol. The van der Waals surface area contributed by atoms with Crippen molar-refractivity contribution in [3.05, 3.63) is 48.5 Å². The number of ketones is 2. The van der Waals surface area contributed by atoms with Crippen LogP contribution in [-0.2, 0) is 9.59 Å². The van der Waals surface area contributed by atoms with Gasteiger partial charge in [-0.1, -0.05) is 47.5 Å². The van der Waals surface area contributed by atoms with Gasteiger partial charge >= 0.3 is 0 Å². The van der Waals surface area contributed by atoms with Crippen LogP contribution in [0, 0.1) is 0 Å². The summed E-state index contributed by atoms with van der Waals surface area (Å²) in [6, 6.07) is 14.9. The van der Waals surface area contributed by atoms with E-state index in [1.54, 1.807) is 0 Å². The fraction of sp³-hybridized carbons (Fsp3) is 0.111. The Morgan fingerprint density at radius 2 is 1.00 bits per heavy atom. The second-order valence-corrected chi connectivity index (χ2v) is 6.01. The van der Waals surface area contributed by atoms with Crippen molar-refractivity contribution in [3.8, 4) is 11.1 Å². The lowest BCUT2D eigenvalue weighted by atomic mass is 10.1. The lowest BCUT2D eigenvalue weighted by molar-refractivity contribution is -0.111. The van der Waals surface area contributed by atoms with Crippen LogP contribution in [0.15, 0.2) is 58.7 Å². The summed E-state index contributed by atoms with van der Waals surface area (Å²) in [5.41, 5.74) is 8.85. The molecule has 2 aromatic rings. The van der Waals surface area contributed by atoms with Gasteiger partial charge in [-0.05, 0) is 35.4 Å².